The first-order chi connectivity index (χ1) is 9.47. The van der Waals surface area contributed by atoms with Crippen molar-refractivity contribution in [3.05, 3.63) is 33.8 Å². The van der Waals surface area contributed by atoms with Crippen molar-refractivity contribution >= 4 is 29.1 Å². The van der Waals surface area contributed by atoms with Crippen molar-refractivity contribution < 1.29 is 9.90 Å². The molecule has 1 fully saturated rings. The molecule has 1 aromatic carbocycles. The molecule has 0 saturated heterocycles. The zero-order valence-electron chi connectivity index (χ0n) is 11.0. The molecule has 4 N–H and O–H groups in total. The molecular formula is C14H18Cl2N2O2. The SMILES string of the molecule is N[C@@H]1CC[C@@H](C(=O)NC[C@@H](O)c2ccc(Cl)cc2Cl)C1. The van der Waals surface area contributed by atoms with E-state index in [0.717, 1.165) is 12.8 Å². The van der Waals surface area contributed by atoms with Gasteiger partial charge in [-0.3, -0.25) is 4.79 Å². The summed E-state index contributed by atoms with van der Waals surface area (Å²) in [5.74, 6) is -0.0972. The summed E-state index contributed by atoms with van der Waals surface area (Å²) in [5.41, 5.74) is 6.34. The third-order valence-corrected chi connectivity index (χ3v) is 4.20. The number of nitrogens with one attached hydrogen (secondary N) is 1. The smallest absolute Gasteiger partial charge is 0.223 e. The van der Waals surface area contributed by atoms with Crippen molar-refractivity contribution in [1.82, 2.24) is 5.32 Å². The Hall–Kier alpha value is -0.810. The predicted octanol–water partition coefficient (Wildman–Crippen LogP) is 2.27. The van der Waals surface area contributed by atoms with E-state index >= 15 is 0 Å². The van der Waals surface area contributed by atoms with Crippen LogP contribution in [0.25, 0.3) is 0 Å². The van der Waals surface area contributed by atoms with Gasteiger partial charge in [0.05, 0.1) is 6.10 Å². The number of hydrogen-bond acceptors (Lipinski definition) is 3. The average molecular weight is 317 g/mol. The van der Waals surface area contributed by atoms with Crippen molar-refractivity contribution in [3.8, 4) is 0 Å². The van der Waals surface area contributed by atoms with E-state index < -0.39 is 6.10 Å². The second kappa shape index (κ2) is 6.76. The van der Waals surface area contributed by atoms with Gasteiger partial charge >= 0.3 is 0 Å². The molecule has 1 aliphatic carbocycles. The molecule has 20 heavy (non-hydrogen) atoms. The van der Waals surface area contributed by atoms with Crippen LogP contribution in [0.15, 0.2) is 18.2 Å². The minimum Gasteiger partial charge on any atom is -0.387 e. The number of carbonyl (C=O) groups excluding carboxylic acids is 1. The Labute approximate surface area is 128 Å². The molecule has 0 radical (unpaired) electrons. The maximum absolute atomic E-state index is 11.9. The first kappa shape index (κ1) is 15.6. The van der Waals surface area contributed by atoms with E-state index in [1.165, 1.54) is 0 Å². The van der Waals surface area contributed by atoms with Crippen LogP contribution < -0.4 is 11.1 Å². The normalized spacial score (nSPS) is 23.6. The minimum absolute atomic E-state index is 0.0436. The molecule has 1 aromatic rings. The Morgan fingerprint density at radius 2 is 2.20 bits per heavy atom. The summed E-state index contributed by atoms with van der Waals surface area (Å²) in [5, 5.41) is 13.7. The Morgan fingerprint density at radius 1 is 1.45 bits per heavy atom. The second-order valence-electron chi connectivity index (χ2n) is 5.20. The quantitative estimate of drug-likeness (QED) is 0.797. The number of rotatable bonds is 4. The van der Waals surface area contributed by atoms with E-state index in [-0.39, 0.29) is 24.4 Å². The highest BCUT2D eigenvalue weighted by Gasteiger charge is 2.28. The van der Waals surface area contributed by atoms with Crippen LogP contribution in [-0.2, 0) is 4.79 Å². The van der Waals surface area contributed by atoms with E-state index in [1.807, 2.05) is 0 Å². The molecule has 1 amide bonds. The lowest BCUT2D eigenvalue weighted by Crippen LogP contribution is -2.33. The average Bonchev–Trinajstić information content (AvgIpc) is 2.82. The lowest BCUT2D eigenvalue weighted by molar-refractivity contribution is -0.125. The second-order valence-corrected chi connectivity index (χ2v) is 6.04. The van der Waals surface area contributed by atoms with E-state index in [2.05, 4.69) is 5.32 Å². The van der Waals surface area contributed by atoms with Crippen molar-refractivity contribution in [3.63, 3.8) is 0 Å². The summed E-state index contributed by atoms with van der Waals surface area (Å²) < 4.78 is 0. The standard InChI is InChI=1S/C14H18Cl2N2O2/c15-9-2-4-11(12(16)6-9)13(19)7-18-14(20)8-1-3-10(17)5-8/h2,4,6,8,10,13,19H,1,3,5,7,17H2,(H,18,20)/t8-,10-,13-/m1/s1. The van der Waals surface area contributed by atoms with Crippen molar-refractivity contribution in [2.45, 2.75) is 31.4 Å². The van der Waals surface area contributed by atoms with Gasteiger partial charge in [-0.15, -0.1) is 0 Å². The first-order valence-electron chi connectivity index (χ1n) is 6.63. The summed E-state index contributed by atoms with van der Waals surface area (Å²) in [6.07, 6.45) is 1.55. The molecule has 0 unspecified atom stereocenters. The fraction of sp³-hybridized carbons (Fsp3) is 0.500. The first-order valence-corrected chi connectivity index (χ1v) is 7.39. The molecule has 0 spiro atoms. The summed E-state index contributed by atoms with van der Waals surface area (Å²) in [6.45, 7) is 0.131. The number of aliphatic hydroxyl groups excluding tert-OH is 1. The van der Waals surface area contributed by atoms with E-state index in [4.69, 9.17) is 28.9 Å². The third-order valence-electron chi connectivity index (χ3n) is 3.64. The molecule has 6 heteroatoms. The van der Waals surface area contributed by atoms with Gasteiger partial charge in [0, 0.05) is 34.1 Å². The van der Waals surface area contributed by atoms with Gasteiger partial charge in [0.15, 0.2) is 0 Å². The molecule has 1 saturated carbocycles. The molecule has 0 bridgehead atoms. The number of nitrogens with two attached hydrogens (primary N) is 1. The summed E-state index contributed by atoms with van der Waals surface area (Å²) in [7, 11) is 0. The topological polar surface area (TPSA) is 75.4 Å². The minimum atomic E-state index is -0.848. The summed E-state index contributed by atoms with van der Waals surface area (Å²) in [6, 6.07) is 5.00. The molecule has 110 valence electrons. The lowest BCUT2D eigenvalue weighted by Gasteiger charge is -2.16. The molecule has 0 aliphatic heterocycles. The molecule has 3 atom stereocenters. The van der Waals surface area contributed by atoms with Crippen LogP contribution >= 0.6 is 23.2 Å². The number of hydrogen-bond donors (Lipinski definition) is 3. The van der Waals surface area contributed by atoms with Gasteiger partial charge in [0.1, 0.15) is 0 Å². The zero-order valence-corrected chi connectivity index (χ0v) is 12.5. The number of aliphatic hydroxyl groups is 1. The van der Waals surface area contributed by atoms with E-state index in [1.54, 1.807) is 18.2 Å². The van der Waals surface area contributed by atoms with Crippen LogP contribution in [0.2, 0.25) is 10.0 Å². The third kappa shape index (κ3) is 3.85. The fourth-order valence-corrected chi connectivity index (χ4v) is 3.01. The molecule has 4 nitrogen and oxygen atoms in total. The van der Waals surface area contributed by atoms with Crippen molar-refractivity contribution in [2.75, 3.05) is 6.54 Å². The zero-order chi connectivity index (χ0) is 14.7. The molecule has 2 rings (SSSR count). The Morgan fingerprint density at radius 3 is 2.80 bits per heavy atom. The highest BCUT2D eigenvalue weighted by atomic mass is 35.5. The van der Waals surface area contributed by atoms with Gasteiger partial charge in [-0.25, -0.2) is 0 Å². The predicted molar refractivity (Wildman–Crippen MR) is 79.7 cm³/mol. The molecule has 1 aliphatic rings. The van der Waals surface area contributed by atoms with Gasteiger partial charge < -0.3 is 16.2 Å². The Kier molecular flexibility index (Phi) is 5.27. The number of carbonyl (C=O) groups is 1. The van der Waals surface area contributed by atoms with E-state index in [9.17, 15) is 9.90 Å². The van der Waals surface area contributed by atoms with Crippen molar-refractivity contribution in [2.24, 2.45) is 11.7 Å². The van der Waals surface area contributed by atoms with Crippen LogP contribution in [0.1, 0.15) is 30.9 Å². The highest BCUT2D eigenvalue weighted by molar-refractivity contribution is 6.35. The van der Waals surface area contributed by atoms with Crippen LogP contribution in [0, 0.1) is 5.92 Å². The van der Waals surface area contributed by atoms with Crippen LogP contribution in [0.3, 0.4) is 0 Å². The molecular weight excluding hydrogens is 299 g/mol. The lowest BCUT2D eigenvalue weighted by atomic mass is 10.1. The largest absolute Gasteiger partial charge is 0.387 e. The van der Waals surface area contributed by atoms with Crippen LogP contribution in [-0.4, -0.2) is 23.6 Å². The van der Waals surface area contributed by atoms with Crippen LogP contribution in [0.4, 0.5) is 0 Å². The number of amides is 1. The molecule has 0 heterocycles. The fourth-order valence-electron chi connectivity index (χ4n) is 2.48. The van der Waals surface area contributed by atoms with Gasteiger partial charge in [-0.05, 0) is 31.4 Å². The Bertz CT molecular complexity index is 496. The maximum Gasteiger partial charge on any atom is 0.223 e. The van der Waals surface area contributed by atoms with E-state index in [0.29, 0.717) is 22.0 Å². The number of benzene rings is 1. The monoisotopic (exact) mass is 316 g/mol. The number of halogens is 2. The van der Waals surface area contributed by atoms with Gasteiger partial charge in [0.2, 0.25) is 5.91 Å². The van der Waals surface area contributed by atoms with Gasteiger partial charge in [-0.1, -0.05) is 29.3 Å². The van der Waals surface area contributed by atoms with Crippen molar-refractivity contribution in [1.29, 1.82) is 0 Å². The Balaban J connectivity index is 1.88. The molecule has 0 aromatic heterocycles. The highest BCUT2D eigenvalue weighted by Crippen LogP contribution is 2.27. The van der Waals surface area contributed by atoms with Gasteiger partial charge in [0.25, 0.3) is 0 Å². The van der Waals surface area contributed by atoms with Gasteiger partial charge in [-0.2, -0.15) is 0 Å². The summed E-state index contributed by atoms with van der Waals surface area (Å²) >= 11 is 11.8. The van der Waals surface area contributed by atoms with Crippen LogP contribution in [0.5, 0.6) is 0 Å². The maximum atomic E-state index is 11.9. The summed E-state index contributed by atoms with van der Waals surface area (Å²) in [4.78, 5) is 11.9.